The lowest BCUT2D eigenvalue weighted by Gasteiger charge is -2.27. The Bertz CT molecular complexity index is 834. The van der Waals surface area contributed by atoms with Crippen molar-refractivity contribution in [2.24, 2.45) is 17.4 Å². The molecule has 0 rings (SSSR count). The molecule has 0 aliphatic carbocycles. The molecule has 0 saturated carbocycles. The highest BCUT2D eigenvalue weighted by molar-refractivity contribution is 5.94. The number of nitrogens with two attached hydrogens (primary N) is 2. The van der Waals surface area contributed by atoms with Crippen molar-refractivity contribution in [1.82, 2.24) is 16.0 Å². The topological polar surface area (TPSA) is 268 Å². The van der Waals surface area contributed by atoms with E-state index in [2.05, 4.69) is 16.0 Å². The molecule has 0 aliphatic rings. The summed E-state index contributed by atoms with van der Waals surface area (Å²) < 4.78 is 0. The number of hydrogen-bond donors (Lipinski definition) is 8. The molecule has 204 valence electrons. The fraction of sp³-hybridized carbons (Fsp3) is 0.667. The standard InChI is InChI=1S/C21H35N5O10/c1-3-10(2)17(26-18(32)11(22)4-7-14(23)27)20(34)24-12(5-8-15(28)29)19(33)25-13(21(35)36)6-9-16(30)31/h10-13,17H,3-9,22H2,1-2H3,(H2,23,27)(H,24,34)(H,25,33)(H,26,32)(H,28,29)(H,30,31)(H,35,36). The van der Waals surface area contributed by atoms with Crippen molar-refractivity contribution in [1.29, 1.82) is 0 Å². The van der Waals surface area contributed by atoms with Gasteiger partial charge in [-0.25, -0.2) is 4.79 Å². The Kier molecular flexibility index (Phi) is 14.4. The fourth-order valence-electron chi connectivity index (χ4n) is 2.99. The Morgan fingerprint density at radius 2 is 1.22 bits per heavy atom. The van der Waals surface area contributed by atoms with E-state index in [1.54, 1.807) is 13.8 Å². The first-order valence-corrected chi connectivity index (χ1v) is 11.3. The Labute approximate surface area is 207 Å². The lowest BCUT2D eigenvalue weighted by Crippen LogP contribution is -2.58. The van der Waals surface area contributed by atoms with Gasteiger partial charge in [0.05, 0.1) is 6.04 Å². The van der Waals surface area contributed by atoms with Crippen LogP contribution in [0, 0.1) is 5.92 Å². The van der Waals surface area contributed by atoms with Gasteiger partial charge >= 0.3 is 17.9 Å². The molecule has 10 N–H and O–H groups in total. The third-order valence-electron chi connectivity index (χ3n) is 5.37. The molecular weight excluding hydrogens is 482 g/mol. The molecule has 0 saturated heterocycles. The molecule has 0 heterocycles. The van der Waals surface area contributed by atoms with Gasteiger partial charge in [0, 0.05) is 19.3 Å². The minimum Gasteiger partial charge on any atom is -0.481 e. The second-order valence-corrected chi connectivity index (χ2v) is 8.31. The minimum absolute atomic E-state index is 0.0629. The molecular formula is C21H35N5O10. The second-order valence-electron chi connectivity index (χ2n) is 8.31. The quantitative estimate of drug-likeness (QED) is 0.0974. The van der Waals surface area contributed by atoms with E-state index in [1.165, 1.54) is 0 Å². The maximum Gasteiger partial charge on any atom is 0.326 e. The summed E-state index contributed by atoms with van der Waals surface area (Å²) in [6.45, 7) is 3.37. The van der Waals surface area contributed by atoms with E-state index in [0.717, 1.165) is 0 Å². The van der Waals surface area contributed by atoms with Crippen LogP contribution < -0.4 is 27.4 Å². The summed E-state index contributed by atoms with van der Waals surface area (Å²) in [5, 5.41) is 33.9. The zero-order valence-corrected chi connectivity index (χ0v) is 20.2. The molecule has 15 heteroatoms. The Balaban J connectivity index is 5.61. The number of carboxylic acid groups (broad SMARTS) is 3. The Hall–Kier alpha value is -3.75. The van der Waals surface area contributed by atoms with Gasteiger partial charge in [0.2, 0.25) is 23.6 Å². The monoisotopic (exact) mass is 517 g/mol. The van der Waals surface area contributed by atoms with E-state index in [9.17, 15) is 38.7 Å². The highest BCUT2D eigenvalue weighted by Gasteiger charge is 2.32. The van der Waals surface area contributed by atoms with Crippen LogP contribution >= 0.6 is 0 Å². The first-order chi connectivity index (χ1) is 16.7. The predicted molar refractivity (Wildman–Crippen MR) is 123 cm³/mol. The van der Waals surface area contributed by atoms with Gasteiger partial charge in [0.15, 0.2) is 0 Å². The van der Waals surface area contributed by atoms with Crippen LogP contribution in [-0.4, -0.2) is 81.0 Å². The highest BCUT2D eigenvalue weighted by Crippen LogP contribution is 2.11. The van der Waals surface area contributed by atoms with E-state index in [-0.39, 0.29) is 12.8 Å². The number of carbonyl (C=O) groups excluding carboxylic acids is 4. The third kappa shape index (κ3) is 12.6. The zero-order chi connectivity index (χ0) is 28.0. The van der Waals surface area contributed by atoms with Crippen LogP contribution in [0.2, 0.25) is 0 Å². The summed E-state index contributed by atoms with van der Waals surface area (Å²) in [4.78, 5) is 82.3. The molecule has 0 radical (unpaired) electrons. The Morgan fingerprint density at radius 1 is 0.722 bits per heavy atom. The van der Waals surface area contributed by atoms with Crippen LogP contribution in [0.3, 0.4) is 0 Å². The maximum atomic E-state index is 13.0. The molecule has 36 heavy (non-hydrogen) atoms. The molecule has 0 aliphatic heterocycles. The van der Waals surface area contributed by atoms with Crippen LogP contribution in [0.5, 0.6) is 0 Å². The minimum atomic E-state index is -1.59. The lowest BCUT2D eigenvalue weighted by atomic mass is 9.96. The fourth-order valence-corrected chi connectivity index (χ4v) is 2.99. The normalized spacial score (nSPS) is 14.9. The van der Waals surface area contributed by atoms with Crippen molar-refractivity contribution in [3.63, 3.8) is 0 Å². The number of aliphatic carboxylic acids is 3. The summed E-state index contributed by atoms with van der Waals surface area (Å²) in [6.07, 6.45) is -1.75. The molecule has 5 atom stereocenters. The van der Waals surface area contributed by atoms with Crippen LogP contribution in [-0.2, 0) is 33.6 Å². The number of rotatable bonds is 18. The number of hydrogen-bond acceptors (Lipinski definition) is 8. The molecule has 0 aromatic rings. The van der Waals surface area contributed by atoms with Crippen LogP contribution in [0.4, 0.5) is 0 Å². The van der Waals surface area contributed by atoms with E-state index in [0.29, 0.717) is 6.42 Å². The molecule has 0 bridgehead atoms. The van der Waals surface area contributed by atoms with Crippen LogP contribution in [0.25, 0.3) is 0 Å². The van der Waals surface area contributed by atoms with Gasteiger partial charge in [-0.3, -0.25) is 28.8 Å². The van der Waals surface area contributed by atoms with Gasteiger partial charge < -0.3 is 42.7 Å². The van der Waals surface area contributed by atoms with E-state index in [1.807, 2.05) is 0 Å². The number of amides is 4. The van der Waals surface area contributed by atoms with Gasteiger partial charge in [-0.1, -0.05) is 20.3 Å². The van der Waals surface area contributed by atoms with Crippen LogP contribution in [0.15, 0.2) is 0 Å². The van der Waals surface area contributed by atoms with Crippen LogP contribution in [0.1, 0.15) is 58.8 Å². The van der Waals surface area contributed by atoms with E-state index >= 15 is 0 Å². The van der Waals surface area contributed by atoms with Crippen molar-refractivity contribution >= 4 is 41.5 Å². The lowest BCUT2D eigenvalue weighted by molar-refractivity contribution is -0.144. The van der Waals surface area contributed by atoms with Crippen molar-refractivity contribution in [3.8, 4) is 0 Å². The summed E-state index contributed by atoms with van der Waals surface area (Å²) >= 11 is 0. The summed E-state index contributed by atoms with van der Waals surface area (Å²) in [5.74, 6) is -7.82. The molecule has 0 spiro atoms. The summed E-state index contributed by atoms with van der Waals surface area (Å²) in [7, 11) is 0. The SMILES string of the molecule is CCC(C)C(NC(=O)C(N)CCC(N)=O)C(=O)NC(CCC(=O)O)C(=O)NC(CCC(=O)O)C(=O)O. The van der Waals surface area contributed by atoms with Crippen molar-refractivity contribution in [2.45, 2.75) is 83.0 Å². The maximum absolute atomic E-state index is 13.0. The van der Waals surface area contributed by atoms with E-state index < -0.39 is 97.3 Å². The number of primary amides is 1. The third-order valence-corrected chi connectivity index (χ3v) is 5.37. The first kappa shape index (κ1) is 32.2. The summed E-state index contributed by atoms with van der Waals surface area (Å²) in [6, 6.07) is -5.42. The second kappa shape index (κ2) is 16.0. The molecule has 4 amide bonds. The van der Waals surface area contributed by atoms with Gasteiger partial charge in [-0.15, -0.1) is 0 Å². The van der Waals surface area contributed by atoms with Crippen molar-refractivity contribution < 1.29 is 48.9 Å². The predicted octanol–water partition coefficient (Wildman–Crippen LogP) is -2.11. The van der Waals surface area contributed by atoms with Gasteiger partial charge in [-0.2, -0.15) is 0 Å². The average molecular weight is 518 g/mol. The largest absolute Gasteiger partial charge is 0.481 e. The van der Waals surface area contributed by atoms with Gasteiger partial charge in [0.25, 0.3) is 0 Å². The highest BCUT2D eigenvalue weighted by atomic mass is 16.4. The van der Waals surface area contributed by atoms with E-state index in [4.69, 9.17) is 21.7 Å². The number of nitrogens with one attached hydrogen (secondary N) is 3. The number of carboxylic acids is 3. The Morgan fingerprint density at radius 3 is 1.67 bits per heavy atom. The number of carbonyl (C=O) groups is 7. The summed E-state index contributed by atoms with van der Waals surface area (Å²) in [5.41, 5.74) is 10.8. The van der Waals surface area contributed by atoms with Gasteiger partial charge in [-0.05, 0) is 25.2 Å². The molecule has 5 unspecified atom stereocenters. The molecule has 0 fully saturated rings. The first-order valence-electron chi connectivity index (χ1n) is 11.3. The van der Waals surface area contributed by atoms with Crippen molar-refractivity contribution in [3.05, 3.63) is 0 Å². The van der Waals surface area contributed by atoms with Crippen molar-refractivity contribution in [2.75, 3.05) is 0 Å². The smallest absolute Gasteiger partial charge is 0.326 e. The molecule has 0 aromatic heterocycles. The van der Waals surface area contributed by atoms with Gasteiger partial charge in [0.1, 0.15) is 18.1 Å². The molecule has 0 aromatic carbocycles. The average Bonchev–Trinajstić information content (AvgIpc) is 2.79. The molecule has 15 nitrogen and oxygen atoms in total. The zero-order valence-electron chi connectivity index (χ0n) is 20.2.